The second-order valence-electron chi connectivity index (χ2n) is 7.77. The summed E-state index contributed by atoms with van der Waals surface area (Å²) in [4.78, 5) is 18.6. The van der Waals surface area contributed by atoms with Gasteiger partial charge in [0.2, 0.25) is 5.91 Å². The van der Waals surface area contributed by atoms with E-state index in [-0.39, 0.29) is 5.91 Å². The number of piperazine rings is 1. The molecule has 4 nitrogen and oxygen atoms in total. The molecular weight excluding hydrogens is 414 g/mol. The van der Waals surface area contributed by atoms with Crippen molar-refractivity contribution >= 4 is 41.0 Å². The van der Waals surface area contributed by atoms with Gasteiger partial charge in [-0.3, -0.25) is 9.69 Å². The van der Waals surface area contributed by atoms with E-state index in [1.165, 1.54) is 10.6 Å². The summed E-state index contributed by atoms with van der Waals surface area (Å²) in [5.74, 6) is 0.826. The molecule has 6 heteroatoms. The van der Waals surface area contributed by atoms with Crippen molar-refractivity contribution in [2.45, 2.75) is 17.7 Å². The fourth-order valence-corrected chi connectivity index (χ4v) is 5.10. The van der Waals surface area contributed by atoms with Crippen LogP contribution in [0, 0.1) is 0 Å². The molecule has 0 aliphatic carbocycles. The summed E-state index contributed by atoms with van der Waals surface area (Å²) in [5, 5.41) is 3.89. The summed E-state index contributed by atoms with van der Waals surface area (Å²) in [7, 11) is 0. The van der Waals surface area contributed by atoms with Gasteiger partial charge < -0.3 is 10.2 Å². The first-order valence-electron chi connectivity index (χ1n) is 10.6. The number of rotatable bonds is 7. The third kappa shape index (κ3) is 5.60. The van der Waals surface area contributed by atoms with Crippen LogP contribution < -0.4 is 10.2 Å². The topological polar surface area (TPSA) is 35.6 Å². The minimum atomic E-state index is 0.0761. The van der Waals surface area contributed by atoms with Crippen LogP contribution in [0.1, 0.15) is 18.4 Å². The molecule has 0 radical (unpaired) electrons. The van der Waals surface area contributed by atoms with Crippen molar-refractivity contribution in [1.82, 2.24) is 10.2 Å². The number of hydrogen-bond acceptors (Lipinski definition) is 4. The molecule has 2 aromatic carbocycles. The zero-order chi connectivity index (χ0) is 20.8. The van der Waals surface area contributed by atoms with E-state index >= 15 is 0 Å². The van der Waals surface area contributed by atoms with Crippen molar-refractivity contribution in [3.63, 3.8) is 0 Å². The highest BCUT2D eigenvalue weighted by Gasteiger charge is 2.18. The number of benzene rings is 2. The first kappa shape index (κ1) is 21.3. The number of hydrogen-bond donors (Lipinski definition) is 1. The third-order valence-electron chi connectivity index (χ3n) is 5.66. The molecule has 0 atom stereocenters. The van der Waals surface area contributed by atoms with Gasteiger partial charge in [0.25, 0.3) is 0 Å². The van der Waals surface area contributed by atoms with E-state index in [1.54, 1.807) is 11.8 Å². The van der Waals surface area contributed by atoms with Crippen LogP contribution in [0.5, 0.6) is 0 Å². The predicted molar refractivity (Wildman–Crippen MR) is 127 cm³/mol. The number of carbonyl (C=O) groups is 1. The van der Waals surface area contributed by atoms with Gasteiger partial charge in [-0.1, -0.05) is 35.9 Å². The molecule has 4 rings (SSSR count). The van der Waals surface area contributed by atoms with Gasteiger partial charge in [-0.05, 0) is 55.3 Å². The molecule has 1 fully saturated rings. The lowest BCUT2D eigenvalue weighted by Crippen LogP contribution is -2.46. The molecule has 1 N–H and O–H groups in total. The zero-order valence-corrected chi connectivity index (χ0v) is 18.7. The number of amides is 1. The quantitative estimate of drug-likeness (QED) is 0.639. The standard InChI is InChI=1S/C24H28ClN3OS/c25-21-7-5-8-22(17-21)28-14-12-27(13-15-28)11-4-3-10-26-24(29)20-16-19-6-1-2-9-23(19)30-18-20/h1-2,5-9,16-17H,3-4,10-15,18H2,(H,26,29). The Morgan fingerprint density at radius 1 is 1.03 bits per heavy atom. The number of nitrogens with one attached hydrogen (secondary N) is 1. The van der Waals surface area contributed by atoms with Crippen molar-refractivity contribution in [2.24, 2.45) is 0 Å². The first-order chi connectivity index (χ1) is 14.7. The Morgan fingerprint density at radius 3 is 2.70 bits per heavy atom. The molecule has 2 heterocycles. The molecule has 0 bridgehead atoms. The number of anilines is 1. The Kier molecular flexibility index (Phi) is 7.37. The first-order valence-corrected chi connectivity index (χ1v) is 12.0. The monoisotopic (exact) mass is 441 g/mol. The van der Waals surface area contributed by atoms with E-state index in [2.05, 4.69) is 33.3 Å². The molecule has 0 saturated carbocycles. The maximum absolute atomic E-state index is 12.4. The molecule has 2 aliphatic heterocycles. The van der Waals surface area contributed by atoms with Crippen molar-refractivity contribution in [3.05, 3.63) is 64.7 Å². The van der Waals surface area contributed by atoms with Crippen LogP contribution in [0.4, 0.5) is 5.69 Å². The highest BCUT2D eigenvalue weighted by Crippen LogP contribution is 2.31. The lowest BCUT2D eigenvalue weighted by Gasteiger charge is -2.36. The van der Waals surface area contributed by atoms with Gasteiger partial charge in [0.1, 0.15) is 0 Å². The predicted octanol–water partition coefficient (Wildman–Crippen LogP) is 4.55. The number of nitrogens with zero attached hydrogens (tertiary/aromatic N) is 2. The molecule has 2 aromatic rings. The Labute approximate surface area is 188 Å². The molecule has 0 spiro atoms. The van der Waals surface area contributed by atoms with Crippen LogP contribution >= 0.6 is 23.4 Å². The van der Waals surface area contributed by atoms with E-state index in [9.17, 15) is 4.79 Å². The third-order valence-corrected chi connectivity index (χ3v) is 7.03. The molecule has 158 valence electrons. The second-order valence-corrected chi connectivity index (χ2v) is 9.22. The van der Waals surface area contributed by atoms with Gasteiger partial charge in [0.15, 0.2) is 0 Å². The van der Waals surface area contributed by atoms with E-state index < -0.39 is 0 Å². The SMILES string of the molecule is O=C(NCCCCN1CCN(c2cccc(Cl)c2)CC1)C1=Cc2ccccc2SC1. The Morgan fingerprint density at radius 2 is 1.87 bits per heavy atom. The smallest absolute Gasteiger partial charge is 0.248 e. The Balaban J connectivity index is 1.13. The second kappa shape index (κ2) is 10.4. The molecule has 2 aliphatic rings. The zero-order valence-electron chi connectivity index (χ0n) is 17.1. The van der Waals surface area contributed by atoms with Crippen LogP contribution in [-0.4, -0.2) is 55.8 Å². The average molecular weight is 442 g/mol. The molecule has 0 unspecified atom stereocenters. The largest absolute Gasteiger partial charge is 0.369 e. The minimum Gasteiger partial charge on any atom is -0.369 e. The van der Waals surface area contributed by atoms with E-state index in [0.29, 0.717) is 0 Å². The molecule has 0 aromatic heterocycles. The van der Waals surface area contributed by atoms with Crippen LogP contribution in [-0.2, 0) is 4.79 Å². The number of carbonyl (C=O) groups excluding carboxylic acids is 1. The Hall–Kier alpha value is -1.95. The van der Waals surface area contributed by atoms with Crippen LogP contribution in [0.25, 0.3) is 6.08 Å². The molecule has 1 saturated heterocycles. The van der Waals surface area contributed by atoms with Gasteiger partial charge in [-0.25, -0.2) is 0 Å². The summed E-state index contributed by atoms with van der Waals surface area (Å²) in [6.07, 6.45) is 4.14. The van der Waals surface area contributed by atoms with E-state index in [4.69, 9.17) is 11.6 Å². The molecular formula is C24H28ClN3OS. The van der Waals surface area contributed by atoms with Crippen molar-refractivity contribution in [1.29, 1.82) is 0 Å². The van der Waals surface area contributed by atoms with Crippen molar-refractivity contribution < 1.29 is 4.79 Å². The summed E-state index contributed by atoms with van der Waals surface area (Å²) in [6, 6.07) is 16.3. The lowest BCUT2D eigenvalue weighted by molar-refractivity contribution is -0.117. The molecule has 30 heavy (non-hydrogen) atoms. The van der Waals surface area contributed by atoms with Gasteiger partial charge in [0, 0.05) is 59.7 Å². The fraction of sp³-hybridized carbons (Fsp3) is 0.375. The lowest BCUT2D eigenvalue weighted by atomic mass is 10.1. The summed E-state index contributed by atoms with van der Waals surface area (Å²) < 4.78 is 0. The van der Waals surface area contributed by atoms with Crippen molar-refractivity contribution in [3.8, 4) is 0 Å². The fourth-order valence-electron chi connectivity index (χ4n) is 3.93. The summed E-state index contributed by atoms with van der Waals surface area (Å²) in [5.41, 5.74) is 3.23. The molecule has 1 amide bonds. The van der Waals surface area contributed by atoms with Gasteiger partial charge >= 0.3 is 0 Å². The highest BCUT2D eigenvalue weighted by atomic mass is 35.5. The number of thioether (sulfide) groups is 1. The maximum Gasteiger partial charge on any atom is 0.248 e. The van der Waals surface area contributed by atoms with E-state index in [1.807, 2.05) is 36.4 Å². The Bertz CT molecular complexity index is 909. The van der Waals surface area contributed by atoms with Crippen LogP contribution in [0.3, 0.4) is 0 Å². The number of unbranched alkanes of at least 4 members (excludes halogenated alkanes) is 1. The summed E-state index contributed by atoms with van der Waals surface area (Å²) in [6.45, 7) is 6.04. The van der Waals surface area contributed by atoms with Crippen LogP contribution in [0.15, 0.2) is 59.0 Å². The highest BCUT2D eigenvalue weighted by molar-refractivity contribution is 7.99. The van der Waals surface area contributed by atoms with Crippen LogP contribution in [0.2, 0.25) is 5.02 Å². The normalized spacial score (nSPS) is 16.7. The number of fused-ring (bicyclic) bond motifs is 1. The number of halogens is 1. The van der Waals surface area contributed by atoms with E-state index in [0.717, 1.165) is 74.0 Å². The maximum atomic E-state index is 12.4. The van der Waals surface area contributed by atoms with Gasteiger partial charge in [0.05, 0.1) is 0 Å². The van der Waals surface area contributed by atoms with Gasteiger partial charge in [-0.15, -0.1) is 11.8 Å². The average Bonchev–Trinajstić information content (AvgIpc) is 2.79. The minimum absolute atomic E-state index is 0.0761. The van der Waals surface area contributed by atoms with Gasteiger partial charge in [-0.2, -0.15) is 0 Å². The van der Waals surface area contributed by atoms with Crippen molar-refractivity contribution in [2.75, 3.05) is 49.9 Å². The summed E-state index contributed by atoms with van der Waals surface area (Å²) >= 11 is 7.85.